The number of nitrogens with zero attached hydrogens (tertiary/aromatic N) is 1. The Hall–Kier alpha value is -10.4. The number of nitrogens with one attached hydrogen (secondary N) is 5. The number of carboxylic acids is 5. The summed E-state index contributed by atoms with van der Waals surface area (Å²) < 4.78 is 54.9. The summed E-state index contributed by atoms with van der Waals surface area (Å²) in [4.78, 5) is 204. The van der Waals surface area contributed by atoms with Crippen molar-refractivity contribution in [2.45, 2.75) is 245 Å². The molecular weight excluding hydrogens is 1750 g/mol. The van der Waals surface area contributed by atoms with Crippen LogP contribution in [0.3, 0.4) is 0 Å². The van der Waals surface area contributed by atoms with Crippen molar-refractivity contribution >= 4 is 94.1 Å². The molecule has 0 aliphatic heterocycles. The number of ether oxygens (including phenoxy) is 10. The van der Waals surface area contributed by atoms with Gasteiger partial charge in [0.05, 0.1) is 108 Å². The highest BCUT2D eigenvalue weighted by molar-refractivity contribution is 6.07. The van der Waals surface area contributed by atoms with Crippen molar-refractivity contribution in [1.29, 1.82) is 0 Å². The highest BCUT2D eigenvalue weighted by Gasteiger charge is 2.38. The second kappa shape index (κ2) is 74.9. The highest BCUT2D eigenvalue weighted by Crippen LogP contribution is 2.30. The zero-order valence-corrected chi connectivity index (χ0v) is 78.3. The number of aliphatic carboxylic acids is 3. The summed E-state index contributed by atoms with van der Waals surface area (Å²) in [6, 6.07) is 16.7. The van der Waals surface area contributed by atoms with E-state index in [-0.39, 0.29) is 277 Å². The molecule has 2 aromatic carbocycles. The molecule has 37 heteroatoms. The minimum absolute atomic E-state index is 0. The van der Waals surface area contributed by atoms with E-state index in [4.69, 9.17) is 57.6 Å². The molecule has 1 aromatic heterocycles. The van der Waals surface area contributed by atoms with Crippen LogP contribution >= 0.6 is 0 Å². The van der Waals surface area contributed by atoms with Crippen LogP contribution in [0.5, 0.6) is 11.5 Å². The number of carbonyl (C=O) groups excluding carboxylic acids is 11. The maximum Gasteiger partial charge on any atom is 0.335 e. The zero-order chi connectivity index (χ0) is 98.0. The third kappa shape index (κ3) is 60.8. The molecule has 0 saturated heterocycles. The molecule has 0 aliphatic carbocycles. The average molecular weight is 1900 g/mol. The summed E-state index contributed by atoms with van der Waals surface area (Å²) in [5, 5.41) is 60.9. The number of unbranched alkanes of at least 4 members (excludes halogenated alkanes) is 14. The van der Waals surface area contributed by atoms with Crippen LogP contribution in [0.15, 0.2) is 72.9 Å². The van der Waals surface area contributed by atoms with Crippen LogP contribution in [0.1, 0.15) is 261 Å². The Morgan fingerprint density at radius 1 is 0.328 bits per heavy atom. The Balaban J connectivity index is 0.0000462. The van der Waals surface area contributed by atoms with Crippen LogP contribution in [0, 0.1) is 23.2 Å². The van der Waals surface area contributed by atoms with Gasteiger partial charge in [-0.1, -0.05) is 83.1 Å². The third-order valence-corrected chi connectivity index (χ3v) is 21.9. The first-order valence-electron chi connectivity index (χ1n) is 47.2. The number of aromatic nitrogens is 1. The molecule has 5 amide bonds. The Labute approximate surface area is 788 Å². The predicted molar refractivity (Wildman–Crippen MR) is 495 cm³/mol. The van der Waals surface area contributed by atoms with Gasteiger partial charge in [-0.25, -0.2) is 14.4 Å². The van der Waals surface area contributed by atoms with Crippen molar-refractivity contribution in [3.63, 3.8) is 0 Å². The van der Waals surface area contributed by atoms with Crippen LogP contribution in [0.4, 0.5) is 0 Å². The summed E-state index contributed by atoms with van der Waals surface area (Å²) in [5.41, 5.74) is -0.374. The summed E-state index contributed by atoms with van der Waals surface area (Å²) in [6.45, 7) is 5.83. The second-order valence-corrected chi connectivity index (χ2v) is 33.4. The quantitative estimate of drug-likeness (QED) is 0.0185. The van der Waals surface area contributed by atoms with Gasteiger partial charge in [-0.15, -0.1) is 0 Å². The van der Waals surface area contributed by atoms with E-state index in [1.165, 1.54) is 38.1 Å². The fourth-order valence-electron chi connectivity index (χ4n) is 13.8. The van der Waals surface area contributed by atoms with Gasteiger partial charge in [-0.05, 0) is 158 Å². The lowest BCUT2D eigenvalue weighted by Gasteiger charge is -2.25. The monoisotopic (exact) mass is 1900 g/mol. The lowest BCUT2D eigenvalue weighted by Crippen LogP contribution is -2.41. The van der Waals surface area contributed by atoms with Crippen LogP contribution in [-0.2, 0) is 111 Å². The van der Waals surface area contributed by atoms with E-state index in [1.54, 1.807) is 48.7 Å². The van der Waals surface area contributed by atoms with Crippen LogP contribution in [0.25, 0.3) is 0 Å². The fraction of sp³-hybridized carbons (Fsp3) is 0.660. The van der Waals surface area contributed by atoms with E-state index in [0.717, 1.165) is 77.0 Å². The van der Waals surface area contributed by atoms with Gasteiger partial charge in [0.1, 0.15) is 72.9 Å². The summed E-state index contributed by atoms with van der Waals surface area (Å²) in [7, 11) is 0. The van der Waals surface area contributed by atoms with E-state index in [1.807, 2.05) is 0 Å². The number of rotatable bonds is 90. The lowest BCUT2D eigenvalue weighted by molar-refractivity contribution is -0.145. The molecule has 0 radical (unpaired) electrons. The van der Waals surface area contributed by atoms with Gasteiger partial charge >= 0.3 is 29.8 Å². The van der Waals surface area contributed by atoms with Crippen molar-refractivity contribution < 1.29 is 152 Å². The normalized spacial score (nSPS) is 12.2. The second-order valence-electron chi connectivity index (χ2n) is 33.4. The molecule has 3 rings (SSSR count). The maximum absolute atomic E-state index is 14.0. The Morgan fingerprint density at radius 3 is 1.23 bits per heavy atom. The molecule has 134 heavy (non-hydrogen) atoms. The standard InChI is InChI=1S/C97H146N6O31.2H2/c1-97(2,85(108)44-37-77-27-17-20-46-98-77)86(109)67-74(25-15-18-47-99-89(112)69-130-62-58-126-52-24-30-80(106)68-129-61-59-127-55-49-101-87(110)45-36-76(95(121)122)65-79(105)28-13-9-5-3-7-11-21-53-133-81-39-32-72(33-40-81)92(115)116)84(107)66-75(94(119)120)26-16-19-48-100-90(113)70-132-64-60-128-56-50-102-91(114)71-131-63-57-125-51-23-29-78(104)38-43-83(96(123)124)103-88(111)31-14-10-6-4-8-12-22-54-134-82-41-34-73(35-42-82)93(117)118;;/h17,20,27,32-35,39-42,46,74-76,83H,3-16,18-19,21-26,28-31,36-38,43-45,47-71H2,1-2H3,(H,99,112)(H,100,113)(H,101,110)(H,102,114)(H,103,111)(H,115,116)(H,117,118)(H,119,120)(H,121,122)(H,123,124);2*1H/t74-,75-,76-,83+;;/m1../s1. The van der Waals surface area contributed by atoms with Crippen molar-refractivity contribution in [3.8, 4) is 11.5 Å². The average Bonchev–Trinajstić information content (AvgIpc) is 0.829. The number of amides is 5. The number of carbonyl (C=O) groups is 16. The summed E-state index contributed by atoms with van der Waals surface area (Å²) in [5.74, 6) is -10.9. The molecule has 0 aliphatic rings. The van der Waals surface area contributed by atoms with Gasteiger partial charge in [0.15, 0.2) is 5.78 Å². The Morgan fingerprint density at radius 2 is 0.754 bits per heavy atom. The van der Waals surface area contributed by atoms with E-state index < -0.39 is 82.4 Å². The van der Waals surface area contributed by atoms with Crippen molar-refractivity contribution in [3.05, 3.63) is 89.7 Å². The fourth-order valence-corrected chi connectivity index (χ4v) is 13.8. The molecule has 0 spiro atoms. The molecule has 0 unspecified atom stereocenters. The molecule has 10 N–H and O–H groups in total. The molecule has 37 nitrogen and oxygen atoms in total. The highest BCUT2D eigenvalue weighted by atomic mass is 16.5. The molecule has 4 atom stereocenters. The zero-order valence-electron chi connectivity index (χ0n) is 78.3. The third-order valence-electron chi connectivity index (χ3n) is 21.9. The Bertz CT molecular complexity index is 3940. The van der Waals surface area contributed by atoms with Crippen molar-refractivity contribution in [2.75, 3.05) is 145 Å². The number of benzene rings is 2. The van der Waals surface area contributed by atoms with E-state index in [9.17, 15) is 92.0 Å². The molecule has 754 valence electrons. The molecule has 1 heterocycles. The number of pyridine rings is 1. The van der Waals surface area contributed by atoms with Gasteiger partial charge in [0.2, 0.25) is 29.5 Å². The number of carboxylic acid groups (broad SMARTS) is 5. The largest absolute Gasteiger partial charge is 0.494 e. The maximum atomic E-state index is 14.0. The summed E-state index contributed by atoms with van der Waals surface area (Å²) >= 11 is 0. The van der Waals surface area contributed by atoms with Gasteiger partial charge in [0, 0.05) is 124 Å². The Kier molecular flexibility index (Phi) is 65.8. The first kappa shape index (κ1) is 118. The minimum Gasteiger partial charge on any atom is -0.494 e. The van der Waals surface area contributed by atoms with Gasteiger partial charge in [0.25, 0.3) is 0 Å². The van der Waals surface area contributed by atoms with E-state index in [0.29, 0.717) is 88.2 Å². The first-order chi connectivity index (χ1) is 64.5. The number of aryl methyl sites for hydroxylation is 1. The van der Waals surface area contributed by atoms with Crippen molar-refractivity contribution in [2.24, 2.45) is 23.2 Å². The SMILES string of the molecule is CC(C)(C(=O)CCc1ccccn1)C(=O)C[C@@H](CCCCNC(=O)COCCOCCCC(=O)COCCOCCNC(=O)CC[C@H](CC(=O)CCCCCCCCCOc1ccc(C(=O)O)cc1)C(=O)O)C(=O)C[C@@H](CCCCNC(=O)COCCOCCNC(=O)COCCOCCCC(=O)CC[C@H](NC(=O)CCCCCCCCCOc1ccc(C(=O)O)cc1)C(=O)O)C(=O)O.[HH].[HH]. The number of Topliss-reactive ketones (excluding diaryl/α,β-unsaturated/α-hetero) is 6. The predicted octanol–water partition coefficient (Wildman–Crippen LogP) is 10.6. The number of aromatic carboxylic acids is 2. The molecule has 0 fully saturated rings. The number of ketones is 6. The van der Waals surface area contributed by atoms with Crippen LogP contribution < -0.4 is 36.1 Å². The first-order valence-corrected chi connectivity index (χ1v) is 47.2. The van der Waals surface area contributed by atoms with Gasteiger partial charge < -0.3 is 99.5 Å². The van der Waals surface area contributed by atoms with E-state index >= 15 is 0 Å². The number of hydrogen-bond acceptors (Lipinski definition) is 27. The molecule has 0 bridgehead atoms. The molecule has 3 aromatic rings. The topological polar surface area (TPSA) is 540 Å². The van der Waals surface area contributed by atoms with Gasteiger partial charge in [-0.3, -0.25) is 67.3 Å². The van der Waals surface area contributed by atoms with Crippen LogP contribution in [-0.4, -0.2) is 276 Å². The lowest BCUT2D eigenvalue weighted by atomic mass is 9.76. The minimum atomic E-state index is -1.45. The van der Waals surface area contributed by atoms with Crippen molar-refractivity contribution in [1.82, 2.24) is 31.6 Å². The molecular formula is C97H150N6O31. The smallest absolute Gasteiger partial charge is 0.335 e. The van der Waals surface area contributed by atoms with Gasteiger partial charge in [-0.2, -0.15) is 0 Å². The van der Waals surface area contributed by atoms with E-state index in [2.05, 4.69) is 31.6 Å². The summed E-state index contributed by atoms with van der Waals surface area (Å²) in [6.07, 6.45) is 17.0. The van der Waals surface area contributed by atoms with Crippen LogP contribution in [0.2, 0.25) is 0 Å². The number of hydrogen-bond donors (Lipinski definition) is 10. The molecule has 0 saturated carbocycles.